The summed E-state index contributed by atoms with van der Waals surface area (Å²) < 4.78 is 1.28. The Labute approximate surface area is 86.5 Å². The minimum Gasteiger partial charge on any atom is -1.00 e. The van der Waals surface area contributed by atoms with Crippen molar-refractivity contribution in [1.82, 2.24) is 0 Å². The van der Waals surface area contributed by atoms with E-state index in [1.807, 2.05) is 0 Å². The van der Waals surface area contributed by atoms with Crippen molar-refractivity contribution in [3.05, 3.63) is 0 Å². The number of halogens is 4. The van der Waals surface area contributed by atoms with Gasteiger partial charge >= 0.3 is 0 Å². The van der Waals surface area contributed by atoms with Crippen LogP contribution in [0.15, 0.2) is 0 Å². The molecule has 0 unspecified atom stereocenters. The van der Waals surface area contributed by atoms with Crippen LogP contribution < -0.4 is 4.70 Å². The lowest BCUT2D eigenvalue weighted by atomic mass is 10.3. The largest absolute Gasteiger partial charge is 1.00 e. The predicted molar refractivity (Wildman–Crippen MR) is 59.9 cm³/mol. The minimum absolute atomic E-state index is 0. The minimum atomic E-state index is 0. The molecule has 0 aromatic heterocycles. The molecule has 0 N–H and O–H groups in total. The maximum Gasteiger partial charge on any atom is 0.0814 e. The van der Waals surface area contributed by atoms with E-state index < -0.39 is 0 Å². The lowest BCUT2D eigenvalue weighted by molar-refractivity contribution is -0.921. The van der Waals surface area contributed by atoms with Gasteiger partial charge in [-0.3, -0.25) is 14.1 Å². The van der Waals surface area contributed by atoms with Crippen LogP contribution in [0.4, 0.5) is 14.1 Å². The molecule has 0 amide bonds. The molecule has 0 aromatic rings. The molecule has 1 nitrogen and oxygen atoms in total. The van der Waals surface area contributed by atoms with Crippen molar-refractivity contribution in [2.24, 2.45) is 0 Å². The van der Waals surface area contributed by atoms with Crippen LogP contribution in [0.2, 0.25) is 0 Å². The van der Waals surface area contributed by atoms with Crippen molar-refractivity contribution in [2.75, 3.05) is 26.2 Å². The van der Waals surface area contributed by atoms with Gasteiger partial charge in [-0.05, 0) is 27.7 Å². The summed E-state index contributed by atoms with van der Waals surface area (Å²) in [7, 11) is 0. The Bertz CT molecular complexity index is 64.2. The molecule has 94 valence electrons. The summed E-state index contributed by atoms with van der Waals surface area (Å²) >= 11 is 0. The second-order valence-corrected chi connectivity index (χ2v) is 2.61. The number of quaternary nitrogens is 1. The van der Waals surface area contributed by atoms with Crippen LogP contribution in [-0.2, 0) is 0 Å². The molecule has 0 radical (unpaired) electrons. The Morgan fingerprint density at radius 3 is 0.786 bits per heavy atom. The molecular weight excluding hydrogens is 197 g/mol. The van der Waals surface area contributed by atoms with Crippen LogP contribution >= 0.6 is 0 Å². The van der Waals surface area contributed by atoms with Crippen LogP contribution in [0, 0.1) is 0 Å². The Balaban J connectivity index is -0.0000000320. The second-order valence-electron chi connectivity index (χ2n) is 2.61. The van der Waals surface area contributed by atoms with Gasteiger partial charge in [0.25, 0.3) is 0 Å². The van der Waals surface area contributed by atoms with Gasteiger partial charge in [-0.25, -0.2) is 0 Å². The molecule has 6 heteroatoms. The normalized spacial score (nSPS) is 7.71. The van der Waals surface area contributed by atoms with Crippen LogP contribution in [0.3, 0.4) is 0 Å². The maximum absolute atomic E-state index is 2.27. The fraction of sp³-hybridized carbons (Fsp3) is 1.00. The highest BCUT2D eigenvalue weighted by molar-refractivity contribution is 5.75. The zero-order valence-corrected chi connectivity index (χ0v) is 8.88. The third-order valence-corrected chi connectivity index (χ3v) is 2.68. The van der Waals surface area contributed by atoms with Gasteiger partial charge in [0.2, 0.25) is 0 Å². The van der Waals surface area contributed by atoms with E-state index in [-0.39, 0.29) is 27.2 Å². The van der Waals surface area contributed by atoms with Crippen LogP contribution in [0.5, 0.6) is 0 Å². The van der Waals surface area contributed by atoms with Crippen molar-refractivity contribution in [1.29, 1.82) is 0 Å². The molecule has 0 heterocycles. The van der Waals surface area contributed by atoms with E-state index >= 15 is 0 Å². The number of hydrogen-bond acceptors (Lipinski definition) is 0. The molecule has 0 aliphatic heterocycles. The molecule has 0 saturated heterocycles. The van der Waals surface area contributed by atoms with Gasteiger partial charge in [0.1, 0.15) is 0 Å². The summed E-state index contributed by atoms with van der Waals surface area (Å²) in [6, 6.07) is 0. The second kappa shape index (κ2) is 18.5. The number of rotatable bonds is 4. The first kappa shape index (κ1) is 37.2. The number of nitrogens with zero attached hydrogens (tertiary/aromatic N) is 1. The van der Waals surface area contributed by atoms with Gasteiger partial charge in [-0.15, -0.1) is 0 Å². The lowest BCUT2D eigenvalue weighted by Gasteiger charge is -2.34. The van der Waals surface area contributed by atoms with E-state index in [0.717, 1.165) is 0 Å². The van der Waals surface area contributed by atoms with Gasteiger partial charge < -0.3 is 9.19 Å². The highest BCUT2D eigenvalue weighted by atomic mass is 19.0. The first-order valence-corrected chi connectivity index (χ1v) is 4.09. The predicted octanol–water partition coefficient (Wildman–Crippen LogP) is -1.84. The fourth-order valence-corrected chi connectivity index (χ4v) is 1.34. The third kappa shape index (κ3) is 9.83. The van der Waals surface area contributed by atoms with Gasteiger partial charge in [0, 0.05) is 0 Å². The van der Waals surface area contributed by atoms with E-state index in [9.17, 15) is 0 Å². The van der Waals surface area contributed by atoms with E-state index in [4.69, 9.17) is 0 Å². The Hall–Kier alpha value is -0.255. The van der Waals surface area contributed by atoms with Crippen molar-refractivity contribution < 1.29 is 23.3 Å². The molecule has 0 fully saturated rings. The Morgan fingerprint density at radius 1 is 0.643 bits per heavy atom. The van der Waals surface area contributed by atoms with Crippen molar-refractivity contribution >= 4 is 8.41 Å². The molecule has 0 rings (SSSR count). The zero-order valence-electron chi connectivity index (χ0n) is 8.88. The Morgan fingerprint density at radius 2 is 0.786 bits per heavy atom. The highest BCUT2D eigenvalue weighted by Crippen LogP contribution is 2.03. The molecule has 0 spiro atoms. The first-order chi connectivity index (χ1) is 4.24. The summed E-state index contributed by atoms with van der Waals surface area (Å²) in [6.45, 7) is 14.2. The fourth-order valence-electron chi connectivity index (χ4n) is 1.34. The summed E-state index contributed by atoms with van der Waals surface area (Å²) in [4.78, 5) is 0. The van der Waals surface area contributed by atoms with Gasteiger partial charge in [-0.1, -0.05) is 0 Å². The third-order valence-electron chi connectivity index (χ3n) is 2.68. The van der Waals surface area contributed by atoms with Gasteiger partial charge in [0.15, 0.2) is 0 Å². The van der Waals surface area contributed by atoms with Crippen molar-refractivity contribution in [3.8, 4) is 0 Å². The Kier molecular flexibility index (Phi) is 49.2. The summed E-state index contributed by atoms with van der Waals surface area (Å²) in [5.74, 6) is 0. The zero-order chi connectivity index (χ0) is 7.33. The van der Waals surface area contributed by atoms with E-state index in [0.29, 0.717) is 0 Å². The molecule has 0 saturated carbocycles. The molecule has 14 heavy (non-hydrogen) atoms. The van der Waals surface area contributed by atoms with Gasteiger partial charge in [-0.2, -0.15) is 0 Å². The SMILES string of the molecule is B.CC[N+](CC)(CC)CC.F.F.F.[F-]. The van der Waals surface area contributed by atoms with E-state index in [1.54, 1.807) is 0 Å². The quantitative estimate of drug-likeness (QED) is 0.298. The molecule has 0 aliphatic rings. The van der Waals surface area contributed by atoms with Crippen LogP contribution in [0.1, 0.15) is 27.7 Å². The summed E-state index contributed by atoms with van der Waals surface area (Å²) in [6.07, 6.45) is 0. The summed E-state index contributed by atoms with van der Waals surface area (Å²) in [5.41, 5.74) is 0. The molecule has 0 bridgehead atoms. The smallest absolute Gasteiger partial charge is 0.0814 e. The molecular formula is C8H26BF4N. The van der Waals surface area contributed by atoms with Gasteiger partial charge in [0.05, 0.1) is 34.6 Å². The van der Waals surface area contributed by atoms with Crippen molar-refractivity contribution in [3.63, 3.8) is 0 Å². The van der Waals surface area contributed by atoms with Crippen LogP contribution in [0.25, 0.3) is 0 Å². The average Bonchev–Trinajstić information content (AvgIpc) is 1.95. The first-order valence-electron chi connectivity index (χ1n) is 4.09. The van der Waals surface area contributed by atoms with Crippen LogP contribution in [-0.4, -0.2) is 39.1 Å². The summed E-state index contributed by atoms with van der Waals surface area (Å²) in [5, 5.41) is 0. The molecule has 0 aromatic carbocycles. The average molecular weight is 223 g/mol. The number of hydrogen-bond donors (Lipinski definition) is 0. The van der Waals surface area contributed by atoms with E-state index in [1.165, 1.54) is 30.7 Å². The van der Waals surface area contributed by atoms with Crippen molar-refractivity contribution in [2.45, 2.75) is 27.7 Å². The standard InChI is InChI=1S/C8H20N.BH3.4FH/c1-5-9(6-2,7-3)8-4;;;;;/h5-8H2,1-4H3;1H3;4*1H/q+1;;;;;/p-1. The molecule has 0 atom stereocenters. The monoisotopic (exact) mass is 223 g/mol. The highest BCUT2D eigenvalue weighted by Gasteiger charge is 2.16. The van der Waals surface area contributed by atoms with E-state index in [2.05, 4.69) is 27.7 Å². The molecule has 0 aliphatic carbocycles. The maximum atomic E-state index is 2.27. The lowest BCUT2D eigenvalue weighted by Crippen LogP contribution is -3.00. The topological polar surface area (TPSA) is 0 Å².